The van der Waals surface area contributed by atoms with Gasteiger partial charge in [0, 0.05) is 12.2 Å². The predicted octanol–water partition coefficient (Wildman–Crippen LogP) is 1.87. The molecule has 1 aromatic rings. The van der Waals surface area contributed by atoms with Crippen LogP contribution in [-0.2, 0) is 19.1 Å². The van der Waals surface area contributed by atoms with Gasteiger partial charge >= 0.3 is 17.9 Å². The maximum absolute atomic E-state index is 11.3. The lowest BCUT2D eigenvalue weighted by Crippen LogP contribution is -2.16. The SMILES string of the molecule is CC(C)C(=O)OC(=O)/C=C/C(=O)Oc1ccccc1. The van der Waals surface area contributed by atoms with Crippen molar-refractivity contribution in [3.63, 3.8) is 0 Å². The van der Waals surface area contributed by atoms with Crippen molar-refractivity contribution in [1.82, 2.24) is 0 Å². The summed E-state index contributed by atoms with van der Waals surface area (Å²) in [6.45, 7) is 3.20. The molecule has 5 nitrogen and oxygen atoms in total. The molecule has 0 bridgehead atoms. The zero-order chi connectivity index (χ0) is 14.3. The first-order chi connectivity index (χ1) is 8.99. The Morgan fingerprint density at radius 1 is 1.00 bits per heavy atom. The van der Waals surface area contributed by atoms with Crippen LogP contribution >= 0.6 is 0 Å². The molecule has 0 saturated carbocycles. The molecule has 19 heavy (non-hydrogen) atoms. The van der Waals surface area contributed by atoms with Crippen molar-refractivity contribution in [2.75, 3.05) is 0 Å². The maximum Gasteiger partial charge on any atom is 0.338 e. The summed E-state index contributed by atoms with van der Waals surface area (Å²) in [7, 11) is 0. The largest absolute Gasteiger partial charge is 0.423 e. The number of carbonyl (C=O) groups excluding carboxylic acids is 3. The summed E-state index contributed by atoms with van der Waals surface area (Å²) < 4.78 is 9.34. The van der Waals surface area contributed by atoms with Crippen molar-refractivity contribution in [3.8, 4) is 5.75 Å². The average Bonchev–Trinajstić information content (AvgIpc) is 2.37. The molecule has 0 N–H and O–H groups in total. The van der Waals surface area contributed by atoms with Crippen LogP contribution < -0.4 is 4.74 Å². The van der Waals surface area contributed by atoms with Crippen molar-refractivity contribution in [2.24, 2.45) is 5.92 Å². The van der Waals surface area contributed by atoms with Crippen LogP contribution in [0.5, 0.6) is 5.75 Å². The monoisotopic (exact) mass is 262 g/mol. The van der Waals surface area contributed by atoms with Gasteiger partial charge in [-0.25, -0.2) is 9.59 Å². The van der Waals surface area contributed by atoms with Crippen LogP contribution in [0.25, 0.3) is 0 Å². The van der Waals surface area contributed by atoms with Crippen LogP contribution in [-0.4, -0.2) is 17.9 Å². The molecule has 0 atom stereocenters. The predicted molar refractivity (Wildman–Crippen MR) is 67.2 cm³/mol. The van der Waals surface area contributed by atoms with Crippen LogP contribution in [0.15, 0.2) is 42.5 Å². The van der Waals surface area contributed by atoms with Crippen LogP contribution in [0.4, 0.5) is 0 Å². The van der Waals surface area contributed by atoms with Gasteiger partial charge in [-0.2, -0.15) is 0 Å². The number of esters is 3. The van der Waals surface area contributed by atoms with Gasteiger partial charge in [0.15, 0.2) is 0 Å². The summed E-state index contributed by atoms with van der Waals surface area (Å²) in [5.74, 6) is -2.31. The van der Waals surface area contributed by atoms with E-state index in [9.17, 15) is 14.4 Å². The fourth-order valence-corrected chi connectivity index (χ4v) is 1.03. The van der Waals surface area contributed by atoms with Crippen LogP contribution in [0.3, 0.4) is 0 Å². The van der Waals surface area contributed by atoms with Gasteiger partial charge < -0.3 is 9.47 Å². The lowest BCUT2D eigenvalue weighted by molar-refractivity contribution is -0.158. The Kier molecular flexibility index (Phi) is 5.47. The van der Waals surface area contributed by atoms with Crippen molar-refractivity contribution in [1.29, 1.82) is 0 Å². The number of benzene rings is 1. The number of hydrogen-bond acceptors (Lipinski definition) is 5. The third-order valence-corrected chi connectivity index (χ3v) is 1.99. The fourth-order valence-electron chi connectivity index (χ4n) is 1.03. The standard InChI is InChI=1S/C14H14O5/c1-10(2)14(17)19-13(16)9-8-12(15)18-11-6-4-3-5-7-11/h3-10H,1-2H3/b9-8+. The quantitative estimate of drug-likeness (QED) is 0.358. The Bertz CT molecular complexity index is 488. The zero-order valence-electron chi connectivity index (χ0n) is 10.7. The normalized spacial score (nSPS) is 10.5. The maximum atomic E-state index is 11.3. The third kappa shape index (κ3) is 5.63. The van der Waals surface area contributed by atoms with E-state index in [2.05, 4.69) is 4.74 Å². The van der Waals surface area contributed by atoms with Gasteiger partial charge in [0.1, 0.15) is 5.75 Å². The van der Waals surface area contributed by atoms with Gasteiger partial charge in [-0.3, -0.25) is 4.79 Å². The number of rotatable bonds is 4. The van der Waals surface area contributed by atoms with Crippen molar-refractivity contribution in [3.05, 3.63) is 42.5 Å². The van der Waals surface area contributed by atoms with Crippen molar-refractivity contribution in [2.45, 2.75) is 13.8 Å². The van der Waals surface area contributed by atoms with E-state index in [1.54, 1.807) is 44.2 Å². The minimum atomic E-state index is -0.899. The van der Waals surface area contributed by atoms with Gasteiger partial charge in [0.05, 0.1) is 5.92 Å². The molecule has 0 aromatic heterocycles. The van der Waals surface area contributed by atoms with E-state index >= 15 is 0 Å². The van der Waals surface area contributed by atoms with Crippen molar-refractivity contribution >= 4 is 17.9 Å². The molecule has 1 rings (SSSR count). The summed E-state index contributed by atoms with van der Waals surface area (Å²) in [5, 5.41) is 0. The first-order valence-electron chi connectivity index (χ1n) is 5.69. The number of ether oxygens (including phenoxy) is 2. The molecule has 1 aromatic carbocycles. The van der Waals surface area contributed by atoms with Gasteiger partial charge in [0.25, 0.3) is 0 Å². The Morgan fingerprint density at radius 2 is 1.58 bits per heavy atom. The molecule has 0 spiro atoms. The Balaban J connectivity index is 2.46. The first kappa shape index (κ1) is 14.6. The van der Waals surface area contributed by atoms with Crippen LogP contribution in [0.2, 0.25) is 0 Å². The second-order valence-corrected chi connectivity index (χ2v) is 3.96. The second-order valence-electron chi connectivity index (χ2n) is 3.96. The van der Waals surface area contributed by atoms with Crippen LogP contribution in [0.1, 0.15) is 13.8 Å². The summed E-state index contributed by atoms with van der Waals surface area (Å²) in [5.41, 5.74) is 0. The summed E-state index contributed by atoms with van der Waals surface area (Å²) in [4.78, 5) is 33.6. The zero-order valence-corrected chi connectivity index (χ0v) is 10.7. The topological polar surface area (TPSA) is 69.7 Å². The Hall–Kier alpha value is -2.43. The molecule has 0 aliphatic rings. The minimum absolute atomic E-state index is 0.365. The number of hydrogen-bond donors (Lipinski definition) is 0. The van der Waals surface area contributed by atoms with E-state index in [4.69, 9.17) is 4.74 Å². The highest BCUT2D eigenvalue weighted by Gasteiger charge is 2.12. The highest BCUT2D eigenvalue weighted by molar-refractivity contribution is 5.97. The summed E-state index contributed by atoms with van der Waals surface area (Å²) >= 11 is 0. The Labute approximate surface area is 110 Å². The molecule has 0 amide bonds. The molecule has 0 radical (unpaired) electrons. The van der Waals surface area contributed by atoms with Gasteiger partial charge in [-0.05, 0) is 12.1 Å². The molecule has 0 fully saturated rings. The molecule has 0 unspecified atom stereocenters. The second kappa shape index (κ2) is 7.10. The Morgan fingerprint density at radius 3 is 2.16 bits per heavy atom. The fraction of sp³-hybridized carbons (Fsp3) is 0.214. The van der Waals surface area contributed by atoms with E-state index < -0.39 is 23.8 Å². The molecule has 0 aliphatic carbocycles. The van der Waals surface area contributed by atoms with Gasteiger partial charge in [-0.15, -0.1) is 0 Å². The number of carbonyl (C=O) groups is 3. The molecular weight excluding hydrogens is 248 g/mol. The smallest absolute Gasteiger partial charge is 0.338 e. The van der Waals surface area contributed by atoms with E-state index in [1.165, 1.54) is 0 Å². The molecule has 0 aliphatic heterocycles. The highest BCUT2D eigenvalue weighted by atomic mass is 16.6. The molecule has 5 heteroatoms. The van der Waals surface area contributed by atoms with Gasteiger partial charge in [0.2, 0.25) is 0 Å². The summed E-state index contributed by atoms with van der Waals surface area (Å²) in [6, 6.07) is 8.41. The van der Waals surface area contributed by atoms with Gasteiger partial charge in [-0.1, -0.05) is 32.0 Å². The first-order valence-corrected chi connectivity index (χ1v) is 5.69. The van der Waals surface area contributed by atoms with E-state index in [1.807, 2.05) is 0 Å². The molecule has 0 saturated heterocycles. The molecule has 0 heterocycles. The third-order valence-electron chi connectivity index (χ3n) is 1.99. The number of para-hydroxylation sites is 1. The summed E-state index contributed by atoms with van der Waals surface area (Å²) in [6.07, 6.45) is 1.76. The average molecular weight is 262 g/mol. The lowest BCUT2D eigenvalue weighted by Gasteiger charge is -2.02. The minimum Gasteiger partial charge on any atom is -0.423 e. The van der Waals surface area contributed by atoms with E-state index in [0.717, 1.165) is 12.2 Å². The van der Waals surface area contributed by atoms with E-state index in [-0.39, 0.29) is 0 Å². The van der Waals surface area contributed by atoms with Crippen molar-refractivity contribution < 1.29 is 23.9 Å². The lowest BCUT2D eigenvalue weighted by atomic mass is 10.2. The molecule has 100 valence electrons. The highest BCUT2D eigenvalue weighted by Crippen LogP contribution is 2.08. The van der Waals surface area contributed by atoms with E-state index in [0.29, 0.717) is 5.75 Å². The van der Waals surface area contributed by atoms with Crippen LogP contribution in [0, 0.1) is 5.92 Å². The molecular formula is C14H14O5.